The minimum absolute atomic E-state index is 0.388. The van der Waals surface area contributed by atoms with Crippen LogP contribution in [0.4, 0.5) is 0 Å². The lowest BCUT2D eigenvalue weighted by Gasteiger charge is -2.26. The Hall–Kier alpha value is -1.39. The molecule has 0 spiro atoms. The zero-order chi connectivity index (χ0) is 13.6. The summed E-state index contributed by atoms with van der Waals surface area (Å²) >= 11 is 0. The average Bonchev–Trinajstić information content (AvgIpc) is 2.35. The third-order valence-electron chi connectivity index (χ3n) is 2.82. The van der Waals surface area contributed by atoms with Crippen LogP contribution in [0.15, 0.2) is 30.3 Å². The summed E-state index contributed by atoms with van der Waals surface area (Å²) in [6.45, 7) is 5.22. The highest BCUT2D eigenvalue weighted by molar-refractivity contribution is 5.85. The molecule has 4 heteroatoms. The van der Waals surface area contributed by atoms with Gasteiger partial charge >= 0.3 is 0 Å². The largest absolute Gasteiger partial charge is 0.381 e. The lowest BCUT2D eigenvalue weighted by atomic mass is 9.87. The van der Waals surface area contributed by atoms with E-state index in [0.29, 0.717) is 25.6 Å². The van der Waals surface area contributed by atoms with Gasteiger partial charge in [0, 0.05) is 19.6 Å². The lowest BCUT2D eigenvalue weighted by molar-refractivity contribution is -0.124. The first-order valence-electron chi connectivity index (χ1n) is 6.19. The number of carbonyl (C=O) groups is 1. The molecule has 0 aromatic heterocycles. The maximum atomic E-state index is 11.6. The van der Waals surface area contributed by atoms with E-state index in [1.807, 2.05) is 30.3 Å². The summed E-state index contributed by atoms with van der Waals surface area (Å²) in [6, 6.07) is 9.18. The molecule has 1 atom stereocenters. The van der Waals surface area contributed by atoms with E-state index in [1.165, 1.54) is 0 Å². The fraction of sp³-hybridized carbons (Fsp3) is 0.500. The monoisotopic (exact) mass is 250 g/mol. The molecule has 1 rings (SSSR count). The van der Waals surface area contributed by atoms with Gasteiger partial charge in [-0.1, -0.05) is 44.2 Å². The topological polar surface area (TPSA) is 78.3 Å². The molecule has 0 aliphatic heterocycles. The van der Waals surface area contributed by atoms with Crippen molar-refractivity contribution in [2.24, 2.45) is 17.4 Å². The second-order valence-electron chi connectivity index (χ2n) is 4.92. The summed E-state index contributed by atoms with van der Waals surface area (Å²) in [5.41, 5.74) is 11.1. The second-order valence-corrected chi connectivity index (χ2v) is 4.92. The number of carbonyl (C=O) groups excluding carboxylic acids is 1. The first-order chi connectivity index (χ1) is 8.47. The fourth-order valence-corrected chi connectivity index (χ4v) is 1.70. The van der Waals surface area contributed by atoms with E-state index in [-0.39, 0.29) is 0 Å². The van der Waals surface area contributed by atoms with Crippen molar-refractivity contribution in [2.45, 2.75) is 25.8 Å². The molecule has 0 aliphatic carbocycles. The van der Waals surface area contributed by atoms with Gasteiger partial charge in [0.2, 0.25) is 5.91 Å². The van der Waals surface area contributed by atoms with Gasteiger partial charge in [0.05, 0.1) is 0 Å². The van der Waals surface area contributed by atoms with Gasteiger partial charge < -0.3 is 16.2 Å². The molecule has 4 nitrogen and oxygen atoms in total. The number of rotatable bonds is 7. The van der Waals surface area contributed by atoms with Crippen LogP contribution in [-0.2, 0) is 15.1 Å². The number of nitrogens with two attached hydrogens (primary N) is 2. The van der Waals surface area contributed by atoms with Crippen LogP contribution in [-0.4, -0.2) is 19.1 Å². The zero-order valence-electron chi connectivity index (χ0n) is 11.1. The average molecular weight is 250 g/mol. The van der Waals surface area contributed by atoms with Gasteiger partial charge in [-0.3, -0.25) is 4.79 Å². The first kappa shape index (κ1) is 14.7. The van der Waals surface area contributed by atoms with Crippen LogP contribution in [0.3, 0.4) is 0 Å². The Labute approximate surface area is 108 Å². The maximum Gasteiger partial charge on any atom is 0.242 e. The van der Waals surface area contributed by atoms with E-state index >= 15 is 0 Å². The van der Waals surface area contributed by atoms with Gasteiger partial charge in [-0.25, -0.2) is 0 Å². The highest BCUT2D eigenvalue weighted by Crippen LogP contribution is 2.21. The summed E-state index contributed by atoms with van der Waals surface area (Å²) in [5, 5.41) is 0. The number of amides is 1. The molecule has 4 N–H and O–H groups in total. The van der Waals surface area contributed by atoms with Gasteiger partial charge in [-0.15, -0.1) is 0 Å². The van der Waals surface area contributed by atoms with Crippen LogP contribution in [0.5, 0.6) is 0 Å². The van der Waals surface area contributed by atoms with Crippen LogP contribution in [0.2, 0.25) is 0 Å². The van der Waals surface area contributed by atoms with Gasteiger partial charge in [0.1, 0.15) is 5.54 Å². The van der Waals surface area contributed by atoms with Crippen LogP contribution >= 0.6 is 0 Å². The van der Waals surface area contributed by atoms with Crippen LogP contribution in [0.25, 0.3) is 0 Å². The van der Waals surface area contributed by atoms with Gasteiger partial charge in [0.25, 0.3) is 0 Å². The predicted octanol–water partition coefficient (Wildman–Crippen LogP) is 1.39. The molecule has 1 unspecified atom stereocenters. The minimum Gasteiger partial charge on any atom is -0.381 e. The van der Waals surface area contributed by atoms with Crippen molar-refractivity contribution in [3.05, 3.63) is 35.9 Å². The fourth-order valence-electron chi connectivity index (χ4n) is 1.70. The molecule has 0 saturated carbocycles. The molecule has 100 valence electrons. The highest BCUT2D eigenvalue weighted by Gasteiger charge is 2.33. The molecule has 1 aromatic rings. The Bertz CT molecular complexity index is 379. The standard InChI is InChI=1S/C14H22N2O2/c1-11(2)10-18-9-8-14(16,13(15)17)12-6-4-3-5-7-12/h3-7,11H,8-10,16H2,1-2H3,(H2,15,17). The number of hydrogen-bond acceptors (Lipinski definition) is 3. The summed E-state index contributed by atoms with van der Waals surface area (Å²) in [4.78, 5) is 11.6. The molecule has 0 bridgehead atoms. The molecule has 0 heterocycles. The molecular weight excluding hydrogens is 228 g/mol. The van der Waals surface area contributed by atoms with Crippen LogP contribution in [0.1, 0.15) is 25.8 Å². The summed E-state index contributed by atoms with van der Waals surface area (Å²) < 4.78 is 5.47. The summed E-state index contributed by atoms with van der Waals surface area (Å²) in [6.07, 6.45) is 0.388. The molecule has 18 heavy (non-hydrogen) atoms. The highest BCUT2D eigenvalue weighted by atomic mass is 16.5. The van der Waals surface area contributed by atoms with E-state index < -0.39 is 11.4 Å². The van der Waals surface area contributed by atoms with Crippen molar-refractivity contribution in [3.8, 4) is 0 Å². The van der Waals surface area contributed by atoms with Crippen molar-refractivity contribution >= 4 is 5.91 Å². The van der Waals surface area contributed by atoms with Crippen LogP contribution in [0, 0.1) is 5.92 Å². The molecule has 1 amide bonds. The van der Waals surface area contributed by atoms with Crippen molar-refractivity contribution in [1.29, 1.82) is 0 Å². The molecule has 0 saturated heterocycles. The Kier molecular flexibility index (Phi) is 5.31. The molecular formula is C14H22N2O2. The zero-order valence-corrected chi connectivity index (χ0v) is 11.1. The summed E-state index contributed by atoms with van der Waals surface area (Å²) in [7, 11) is 0. The number of primary amides is 1. The normalized spacial score (nSPS) is 14.4. The van der Waals surface area contributed by atoms with Gasteiger partial charge in [-0.2, -0.15) is 0 Å². The van der Waals surface area contributed by atoms with Crippen molar-refractivity contribution in [2.75, 3.05) is 13.2 Å². The molecule has 0 radical (unpaired) electrons. The Morgan fingerprint density at radius 2 is 1.94 bits per heavy atom. The van der Waals surface area contributed by atoms with Gasteiger partial charge in [-0.05, 0) is 11.5 Å². The van der Waals surface area contributed by atoms with E-state index in [1.54, 1.807) is 0 Å². The first-order valence-corrected chi connectivity index (χ1v) is 6.19. The Morgan fingerprint density at radius 1 is 1.33 bits per heavy atom. The van der Waals surface area contributed by atoms with Crippen molar-refractivity contribution in [3.63, 3.8) is 0 Å². The van der Waals surface area contributed by atoms with E-state index in [4.69, 9.17) is 16.2 Å². The third-order valence-corrected chi connectivity index (χ3v) is 2.82. The third kappa shape index (κ3) is 3.82. The molecule has 0 fully saturated rings. The lowest BCUT2D eigenvalue weighted by Crippen LogP contribution is -2.49. The van der Waals surface area contributed by atoms with Crippen molar-refractivity contribution < 1.29 is 9.53 Å². The number of ether oxygens (including phenoxy) is 1. The Balaban J connectivity index is 2.67. The quantitative estimate of drug-likeness (QED) is 0.718. The Morgan fingerprint density at radius 3 is 2.44 bits per heavy atom. The maximum absolute atomic E-state index is 11.6. The number of hydrogen-bond donors (Lipinski definition) is 2. The number of benzene rings is 1. The van der Waals surface area contributed by atoms with Crippen molar-refractivity contribution in [1.82, 2.24) is 0 Å². The second kappa shape index (κ2) is 6.52. The van der Waals surface area contributed by atoms with E-state index in [0.717, 1.165) is 5.56 Å². The van der Waals surface area contributed by atoms with E-state index in [2.05, 4.69) is 13.8 Å². The van der Waals surface area contributed by atoms with E-state index in [9.17, 15) is 4.79 Å². The predicted molar refractivity (Wildman–Crippen MR) is 71.8 cm³/mol. The molecule has 1 aromatic carbocycles. The summed E-state index contributed by atoms with van der Waals surface area (Å²) in [5.74, 6) is -0.0654. The molecule has 0 aliphatic rings. The SMILES string of the molecule is CC(C)COCCC(N)(C(N)=O)c1ccccc1. The van der Waals surface area contributed by atoms with Gasteiger partial charge in [0.15, 0.2) is 0 Å². The smallest absolute Gasteiger partial charge is 0.242 e. The minimum atomic E-state index is -1.15. The van der Waals surface area contributed by atoms with Crippen LogP contribution < -0.4 is 11.5 Å².